The Bertz CT molecular complexity index is 335. The molecule has 104 valence electrons. The zero-order valence-electron chi connectivity index (χ0n) is 12.2. The van der Waals surface area contributed by atoms with Crippen molar-refractivity contribution >= 4 is 0 Å². The van der Waals surface area contributed by atoms with E-state index in [-0.39, 0.29) is 5.41 Å². The van der Waals surface area contributed by atoms with Gasteiger partial charge in [-0.15, -0.1) is 0 Å². The van der Waals surface area contributed by atoms with Crippen LogP contribution in [0.25, 0.3) is 0 Å². The van der Waals surface area contributed by atoms with E-state index in [0.29, 0.717) is 5.92 Å². The van der Waals surface area contributed by atoms with Crippen molar-refractivity contribution in [3.63, 3.8) is 0 Å². The standard InChI is InChI=1S/C14H27N3O/c1-5-6-11(9-10-15)7-8-12-16-13(17-18-12)14(2,3)4/h11H,5-10,15H2,1-4H3. The molecule has 4 heteroatoms. The van der Waals surface area contributed by atoms with Crippen molar-refractivity contribution in [2.45, 2.75) is 65.2 Å². The van der Waals surface area contributed by atoms with E-state index in [1.54, 1.807) is 0 Å². The molecule has 0 aliphatic rings. The molecule has 18 heavy (non-hydrogen) atoms. The van der Waals surface area contributed by atoms with Gasteiger partial charge >= 0.3 is 0 Å². The first kappa shape index (κ1) is 15.2. The molecule has 0 spiro atoms. The van der Waals surface area contributed by atoms with Crippen molar-refractivity contribution in [2.75, 3.05) is 6.54 Å². The molecule has 0 amide bonds. The Morgan fingerprint density at radius 3 is 2.44 bits per heavy atom. The molecule has 0 saturated heterocycles. The molecule has 0 aliphatic heterocycles. The average Bonchev–Trinajstić information content (AvgIpc) is 2.75. The Kier molecular flexibility index (Phi) is 5.79. The lowest BCUT2D eigenvalue weighted by Gasteiger charge is -2.13. The molecule has 1 aromatic rings. The second-order valence-electron chi connectivity index (χ2n) is 6.03. The van der Waals surface area contributed by atoms with Crippen LogP contribution in [0.4, 0.5) is 0 Å². The molecule has 0 bridgehead atoms. The lowest BCUT2D eigenvalue weighted by atomic mass is 9.94. The van der Waals surface area contributed by atoms with Gasteiger partial charge in [-0.25, -0.2) is 0 Å². The van der Waals surface area contributed by atoms with Crippen LogP contribution in [0.3, 0.4) is 0 Å². The van der Waals surface area contributed by atoms with Crippen LogP contribution in [0.15, 0.2) is 4.52 Å². The molecular weight excluding hydrogens is 226 g/mol. The van der Waals surface area contributed by atoms with Gasteiger partial charge in [0.2, 0.25) is 5.89 Å². The predicted octanol–water partition coefficient (Wildman–Crippen LogP) is 3.06. The molecule has 1 heterocycles. The number of nitrogens with two attached hydrogens (primary N) is 1. The van der Waals surface area contributed by atoms with Crippen molar-refractivity contribution in [1.29, 1.82) is 0 Å². The zero-order valence-corrected chi connectivity index (χ0v) is 12.2. The molecule has 2 N–H and O–H groups in total. The maximum atomic E-state index is 5.64. The number of aryl methyl sites for hydroxylation is 1. The van der Waals surface area contributed by atoms with Gasteiger partial charge in [0.1, 0.15) is 0 Å². The highest BCUT2D eigenvalue weighted by Crippen LogP contribution is 2.21. The van der Waals surface area contributed by atoms with E-state index in [1.165, 1.54) is 12.8 Å². The topological polar surface area (TPSA) is 64.9 Å². The minimum atomic E-state index is -0.0399. The van der Waals surface area contributed by atoms with E-state index in [9.17, 15) is 0 Å². The van der Waals surface area contributed by atoms with Crippen molar-refractivity contribution in [1.82, 2.24) is 10.1 Å². The van der Waals surface area contributed by atoms with Gasteiger partial charge in [-0.2, -0.15) is 4.98 Å². The second kappa shape index (κ2) is 6.88. The van der Waals surface area contributed by atoms with E-state index in [2.05, 4.69) is 37.8 Å². The second-order valence-corrected chi connectivity index (χ2v) is 6.03. The third-order valence-electron chi connectivity index (χ3n) is 3.18. The summed E-state index contributed by atoms with van der Waals surface area (Å²) in [6.45, 7) is 9.26. The van der Waals surface area contributed by atoms with Crippen LogP contribution in [-0.4, -0.2) is 16.7 Å². The Morgan fingerprint density at radius 1 is 1.22 bits per heavy atom. The molecule has 1 unspecified atom stereocenters. The molecular formula is C14H27N3O. The highest BCUT2D eigenvalue weighted by molar-refractivity contribution is 4.99. The third kappa shape index (κ3) is 4.77. The van der Waals surface area contributed by atoms with Crippen molar-refractivity contribution in [3.8, 4) is 0 Å². The van der Waals surface area contributed by atoms with Crippen LogP contribution >= 0.6 is 0 Å². The Hall–Kier alpha value is -0.900. The fraction of sp³-hybridized carbons (Fsp3) is 0.857. The molecule has 0 fully saturated rings. The zero-order chi connectivity index (χ0) is 13.6. The quantitative estimate of drug-likeness (QED) is 0.811. The minimum absolute atomic E-state index is 0.0399. The summed E-state index contributed by atoms with van der Waals surface area (Å²) in [7, 11) is 0. The Balaban J connectivity index is 2.49. The van der Waals surface area contributed by atoms with Gasteiger partial charge in [0.05, 0.1) is 0 Å². The molecule has 0 aromatic carbocycles. The smallest absolute Gasteiger partial charge is 0.226 e. The first-order valence-corrected chi connectivity index (χ1v) is 7.00. The van der Waals surface area contributed by atoms with Gasteiger partial charge < -0.3 is 10.3 Å². The molecule has 0 saturated carbocycles. The highest BCUT2D eigenvalue weighted by Gasteiger charge is 2.21. The van der Waals surface area contributed by atoms with E-state index in [0.717, 1.165) is 37.5 Å². The first-order chi connectivity index (χ1) is 8.47. The summed E-state index contributed by atoms with van der Waals surface area (Å²) >= 11 is 0. The van der Waals surface area contributed by atoms with Crippen molar-refractivity contribution in [2.24, 2.45) is 11.7 Å². The van der Waals surface area contributed by atoms with Gasteiger partial charge in [0, 0.05) is 11.8 Å². The van der Waals surface area contributed by atoms with Gasteiger partial charge in [0.15, 0.2) is 5.82 Å². The Morgan fingerprint density at radius 2 is 1.94 bits per heavy atom. The van der Waals surface area contributed by atoms with Crippen LogP contribution in [0, 0.1) is 5.92 Å². The fourth-order valence-electron chi connectivity index (χ4n) is 2.07. The highest BCUT2D eigenvalue weighted by atomic mass is 16.5. The predicted molar refractivity (Wildman–Crippen MR) is 73.4 cm³/mol. The fourth-order valence-corrected chi connectivity index (χ4v) is 2.07. The molecule has 1 rings (SSSR count). The maximum Gasteiger partial charge on any atom is 0.226 e. The van der Waals surface area contributed by atoms with Crippen LogP contribution in [-0.2, 0) is 11.8 Å². The van der Waals surface area contributed by atoms with E-state index >= 15 is 0 Å². The largest absolute Gasteiger partial charge is 0.339 e. The van der Waals surface area contributed by atoms with E-state index in [1.807, 2.05) is 0 Å². The number of nitrogens with zero attached hydrogens (tertiary/aromatic N) is 2. The van der Waals surface area contributed by atoms with Gasteiger partial charge in [0.25, 0.3) is 0 Å². The SMILES string of the molecule is CCCC(CCN)CCc1nc(C(C)(C)C)no1. The number of hydrogen-bond acceptors (Lipinski definition) is 4. The van der Waals surface area contributed by atoms with E-state index < -0.39 is 0 Å². The van der Waals surface area contributed by atoms with Crippen LogP contribution < -0.4 is 5.73 Å². The molecule has 0 radical (unpaired) electrons. The summed E-state index contributed by atoms with van der Waals surface area (Å²) in [5, 5.41) is 4.05. The summed E-state index contributed by atoms with van der Waals surface area (Å²) in [5.74, 6) is 2.24. The molecule has 1 aromatic heterocycles. The maximum absolute atomic E-state index is 5.64. The number of hydrogen-bond donors (Lipinski definition) is 1. The van der Waals surface area contributed by atoms with Crippen LogP contribution in [0.2, 0.25) is 0 Å². The van der Waals surface area contributed by atoms with Crippen molar-refractivity contribution in [3.05, 3.63) is 11.7 Å². The summed E-state index contributed by atoms with van der Waals surface area (Å²) < 4.78 is 5.31. The normalized spacial score (nSPS) is 13.8. The summed E-state index contributed by atoms with van der Waals surface area (Å²) in [4.78, 5) is 4.46. The molecule has 1 atom stereocenters. The summed E-state index contributed by atoms with van der Waals surface area (Å²) in [6, 6.07) is 0. The van der Waals surface area contributed by atoms with Crippen LogP contribution in [0.5, 0.6) is 0 Å². The number of aromatic nitrogens is 2. The van der Waals surface area contributed by atoms with Crippen LogP contribution in [0.1, 0.15) is 65.1 Å². The Labute approximate surface area is 110 Å². The number of rotatable bonds is 7. The third-order valence-corrected chi connectivity index (χ3v) is 3.18. The summed E-state index contributed by atoms with van der Waals surface area (Å²) in [5.41, 5.74) is 5.60. The van der Waals surface area contributed by atoms with Gasteiger partial charge in [-0.3, -0.25) is 0 Å². The molecule has 4 nitrogen and oxygen atoms in total. The van der Waals surface area contributed by atoms with Gasteiger partial charge in [-0.05, 0) is 25.3 Å². The summed E-state index contributed by atoms with van der Waals surface area (Å²) in [6.07, 6.45) is 5.50. The first-order valence-electron chi connectivity index (χ1n) is 7.00. The average molecular weight is 253 g/mol. The lowest BCUT2D eigenvalue weighted by molar-refractivity contribution is 0.341. The lowest BCUT2D eigenvalue weighted by Crippen LogP contribution is -2.13. The monoisotopic (exact) mass is 253 g/mol. The molecule has 0 aliphatic carbocycles. The van der Waals surface area contributed by atoms with Gasteiger partial charge in [-0.1, -0.05) is 45.7 Å². The van der Waals surface area contributed by atoms with E-state index in [4.69, 9.17) is 10.3 Å². The minimum Gasteiger partial charge on any atom is -0.339 e. The van der Waals surface area contributed by atoms with Crippen molar-refractivity contribution < 1.29 is 4.52 Å².